The predicted molar refractivity (Wildman–Crippen MR) is 93.6 cm³/mol. The highest BCUT2D eigenvalue weighted by Gasteiger charge is 2.47. The molecule has 1 aliphatic heterocycles. The smallest absolute Gasteiger partial charge is 0.221 e. The van der Waals surface area contributed by atoms with Crippen molar-refractivity contribution in [1.29, 1.82) is 0 Å². The number of oxime groups is 1. The predicted octanol–water partition coefficient (Wildman–Crippen LogP) is 3.74. The summed E-state index contributed by atoms with van der Waals surface area (Å²) in [5.41, 5.74) is 0.426. The molecule has 1 aromatic carbocycles. The molecule has 0 amide bonds. The molecule has 0 bridgehead atoms. The molecule has 5 nitrogen and oxygen atoms in total. The molecule has 3 unspecified atom stereocenters. The van der Waals surface area contributed by atoms with E-state index in [1.807, 2.05) is 31.2 Å². The van der Waals surface area contributed by atoms with Crippen LogP contribution in [-0.2, 0) is 14.4 Å². The molecule has 24 heavy (non-hydrogen) atoms. The van der Waals surface area contributed by atoms with Gasteiger partial charge in [0, 0.05) is 5.56 Å². The number of rotatable bonds is 9. The maximum atomic E-state index is 11.6. The molecule has 132 valence electrons. The van der Waals surface area contributed by atoms with E-state index in [1.165, 1.54) is 12.8 Å². The number of carbonyl (C=O) groups excluding carboxylic acids is 1. The first-order valence-corrected chi connectivity index (χ1v) is 8.56. The molecule has 2 rings (SSSR count). The van der Waals surface area contributed by atoms with E-state index in [9.17, 15) is 4.79 Å². The van der Waals surface area contributed by atoms with Gasteiger partial charge in [0.1, 0.15) is 11.5 Å². The van der Waals surface area contributed by atoms with Gasteiger partial charge in [-0.1, -0.05) is 31.3 Å². The van der Waals surface area contributed by atoms with E-state index in [0.29, 0.717) is 5.71 Å². The molecule has 1 heterocycles. The van der Waals surface area contributed by atoms with Gasteiger partial charge in [0.05, 0.1) is 13.2 Å². The van der Waals surface area contributed by atoms with Crippen LogP contribution in [0.15, 0.2) is 29.4 Å². The summed E-state index contributed by atoms with van der Waals surface area (Å²) in [6.07, 6.45) is 4.71. The third-order valence-electron chi connectivity index (χ3n) is 4.31. The average Bonchev–Trinajstić information content (AvgIpc) is 2.93. The summed E-state index contributed by atoms with van der Waals surface area (Å²) in [7, 11) is 1.62. The fourth-order valence-electron chi connectivity index (χ4n) is 2.75. The van der Waals surface area contributed by atoms with E-state index in [4.69, 9.17) is 14.3 Å². The Balaban J connectivity index is 2.14. The van der Waals surface area contributed by atoms with E-state index in [2.05, 4.69) is 12.1 Å². The maximum Gasteiger partial charge on any atom is 0.221 e. The van der Waals surface area contributed by atoms with Crippen LogP contribution in [0.2, 0.25) is 0 Å². The van der Waals surface area contributed by atoms with Gasteiger partial charge in [-0.15, -0.1) is 0 Å². The Morgan fingerprint density at radius 1 is 1.33 bits per heavy atom. The third-order valence-corrected chi connectivity index (χ3v) is 4.31. The van der Waals surface area contributed by atoms with Crippen molar-refractivity contribution in [2.45, 2.75) is 64.3 Å². The number of hydrogen-bond acceptors (Lipinski definition) is 5. The Morgan fingerprint density at radius 3 is 2.62 bits per heavy atom. The molecule has 0 fully saturated rings. The van der Waals surface area contributed by atoms with Gasteiger partial charge in [0.25, 0.3) is 0 Å². The fraction of sp³-hybridized carbons (Fsp3) is 0.579. The summed E-state index contributed by atoms with van der Waals surface area (Å²) in [6, 6.07) is 7.51. The zero-order valence-electron chi connectivity index (χ0n) is 15.0. The van der Waals surface area contributed by atoms with E-state index in [-0.39, 0.29) is 6.10 Å². The lowest BCUT2D eigenvalue weighted by atomic mass is 9.93. The standard InChI is InChI=1S/C19H27NO4/c1-5-6-7-8-14(2)23-18-17(20-24-19(18,3)13-21)15-9-11-16(22-4)12-10-15/h9-14,18H,5-8H2,1-4H3. The number of ether oxygens (including phenoxy) is 2. The van der Waals surface area contributed by atoms with Gasteiger partial charge >= 0.3 is 0 Å². The fourth-order valence-corrected chi connectivity index (χ4v) is 2.75. The van der Waals surface area contributed by atoms with Crippen molar-refractivity contribution in [3.05, 3.63) is 29.8 Å². The van der Waals surface area contributed by atoms with Crippen molar-refractivity contribution >= 4 is 12.0 Å². The van der Waals surface area contributed by atoms with Gasteiger partial charge in [-0.3, -0.25) is 4.79 Å². The van der Waals surface area contributed by atoms with Crippen LogP contribution < -0.4 is 4.74 Å². The SMILES string of the molecule is CCCCCC(C)OC1C(c2ccc(OC)cc2)=NOC1(C)C=O. The normalized spacial score (nSPS) is 24.2. The van der Waals surface area contributed by atoms with Crippen molar-refractivity contribution in [3.8, 4) is 5.75 Å². The number of aldehydes is 1. The molecular weight excluding hydrogens is 306 g/mol. The molecule has 1 aliphatic rings. The largest absolute Gasteiger partial charge is 0.497 e. The van der Waals surface area contributed by atoms with Crippen molar-refractivity contribution < 1.29 is 19.1 Å². The third kappa shape index (κ3) is 4.15. The van der Waals surface area contributed by atoms with E-state index in [1.54, 1.807) is 14.0 Å². The highest BCUT2D eigenvalue weighted by molar-refractivity contribution is 6.07. The van der Waals surface area contributed by atoms with Gasteiger partial charge in [-0.25, -0.2) is 0 Å². The Morgan fingerprint density at radius 2 is 2.04 bits per heavy atom. The Labute approximate surface area is 144 Å². The molecular formula is C19H27NO4. The number of hydrogen-bond donors (Lipinski definition) is 0. The van der Waals surface area contributed by atoms with Gasteiger partial charge in [-0.05, 0) is 44.5 Å². The van der Waals surface area contributed by atoms with E-state index >= 15 is 0 Å². The number of nitrogens with zero attached hydrogens (tertiary/aromatic N) is 1. The molecule has 0 saturated heterocycles. The molecule has 0 aliphatic carbocycles. The molecule has 0 N–H and O–H groups in total. The van der Waals surface area contributed by atoms with Crippen LogP contribution in [-0.4, -0.2) is 36.9 Å². The molecule has 0 spiro atoms. The summed E-state index contributed by atoms with van der Waals surface area (Å²) in [5.74, 6) is 0.766. The van der Waals surface area contributed by atoms with E-state index < -0.39 is 11.7 Å². The molecule has 0 radical (unpaired) electrons. The van der Waals surface area contributed by atoms with Crippen LogP contribution in [0, 0.1) is 0 Å². The van der Waals surface area contributed by atoms with Gasteiger partial charge in [0.15, 0.2) is 12.4 Å². The Bertz CT molecular complexity index is 569. The highest BCUT2D eigenvalue weighted by atomic mass is 16.7. The molecule has 3 atom stereocenters. The second-order valence-electron chi connectivity index (χ2n) is 6.42. The maximum absolute atomic E-state index is 11.6. The quantitative estimate of drug-likeness (QED) is 0.510. The van der Waals surface area contributed by atoms with Crippen LogP contribution in [0.4, 0.5) is 0 Å². The Hall–Kier alpha value is -1.88. The zero-order chi connectivity index (χ0) is 17.6. The summed E-state index contributed by atoms with van der Waals surface area (Å²) in [4.78, 5) is 17.0. The average molecular weight is 333 g/mol. The molecule has 1 aromatic rings. The van der Waals surface area contributed by atoms with Crippen LogP contribution >= 0.6 is 0 Å². The Kier molecular flexibility index (Phi) is 6.37. The molecule has 0 aromatic heterocycles. The lowest BCUT2D eigenvalue weighted by Crippen LogP contribution is -2.46. The van der Waals surface area contributed by atoms with E-state index in [0.717, 1.165) is 30.4 Å². The number of methoxy groups -OCH3 is 1. The monoisotopic (exact) mass is 333 g/mol. The first-order chi connectivity index (χ1) is 11.5. The van der Waals surface area contributed by atoms with Crippen molar-refractivity contribution in [1.82, 2.24) is 0 Å². The highest BCUT2D eigenvalue weighted by Crippen LogP contribution is 2.30. The van der Waals surface area contributed by atoms with Crippen molar-refractivity contribution in [2.75, 3.05) is 7.11 Å². The van der Waals surface area contributed by atoms with Gasteiger partial charge in [0.2, 0.25) is 5.60 Å². The summed E-state index contributed by atoms with van der Waals surface area (Å²) >= 11 is 0. The first-order valence-electron chi connectivity index (χ1n) is 8.56. The second-order valence-corrected chi connectivity index (χ2v) is 6.42. The minimum atomic E-state index is -1.09. The minimum Gasteiger partial charge on any atom is -0.497 e. The zero-order valence-corrected chi connectivity index (χ0v) is 15.0. The van der Waals surface area contributed by atoms with Crippen LogP contribution in [0.5, 0.6) is 5.75 Å². The van der Waals surface area contributed by atoms with Crippen LogP contribution in [0.1, 0.15) is 52.0 Å². The van der Waals surface area contributed by atoms with Crippen LogP contribution in [0.3, 0.4) is 0 Å². The second kappa shape index (κ2) is 8.29. The number of benzene rings is 1. The van der Waals surface area contributed by atoms with Crippen LogP contribution in [0.25, 0.3) is 0 Å². The lowest BCUT2D eigenvalue weighted by molar-refractivity contribution is -0.142. The molecule has 0 saturated carbocycles. The summed E-state index contributed by atoms with van der Waals surface area (Å²) in [5, 5.41) is 4.14. The topological polar surface area (TPSA) is 57.1 Å². The summed E-state index contributed by atoms with van der Waals surface area (Å²) in [6.45, 7) is 5.92. The van der Waals surface area contributed by atoms with Crippen molar-refractivity contribution in [3.63, 3.8) is 0 Å². The number of unbranched alkanes of at least 4 members (excludes halogenated alkanes) is 2. The first kappa shape index (κ1) is 18.5. The molecule has 5 heteroatoms. The van der Waals surface area contributed by atoms with Crippen molar-refractivity contribution in [2.24, 2.45) is 5.16 Å². The van der Waals surface area contributed by atoms with Gasteiger partial charge < -0.3 is 14.3 Å². The lowest BCUT2D eigenvalue weighted by Gasteiger charge is -2.27. The minimum absolute atomic E-state index is 0.0333. The number of carbonyl (C=O) groups is 1. The van der Waals surface area contributed by atoms with Gasteiger partial charge in [-0.2, -0.15) is 0 Å². The summed E-state index contributed by atoms with van der Waals surface area (Å²) < 4.78 is 11.4.